The molecule has 0 atom stereocenters. The first-order valence-corrected chi connectivity index (χ1v) is 19.0. The second-order valence-electron chi connectivity index (χ2n) is 7.22. The number of hydrogen-bond acceptors (Lipinski definition) is 0. The van der Waals surface area contributed by atoms with E-state index in [-0.39, 0.29) is 9.52 Å². The molecule has 0 aliphatic heterocycles. The number of benzene rings is 1. The number of rotatable bonds is 6. The van der Waals surface area contributed by atoms with Gasteiger partial charge in [-0.25, -0.2) is 0 Å². The fraction of sp³-hybridized carbons (Fsp3) is 0.500. The van der Waals surface area contributed by atoms with E-state index in [0.29, 0.717) is 0 Å². The van der Waals surface area contributed by atoms with Gasteiger partial charge >= 0.3 is 151 Å². The van der Waals surface area contributed by atoms with Crippen molar-refractivity contribution in [1.29, 1.82) is 0 Å². The summed E-state index contributed by atoms with van der Waals surface area (Å²) in [6, 6.07) is 9.45. The summed E-state index contributed by atoms with van der Waals surface area (Å²) in [5.74, 6) is 0. The Morgan fingerprint density at radius 1 is 1.09 bits per heavy atom. The zero-order valence-corrected chi connectivity index (χ0v) is 20.7. The molecular weight excluding hydrogens is 369 g/mol. The van der Waals surface area contributed by atoms with Gasteiger partial charge in [0.05, 0.1) is 0 Å². The first kappa shape index (κ1) is 20.5. The standard InChI is InChI=1S/C20H34GeSi2/c1-8-18(5)22-19-12-14-20(15-13-19)23(6,7)17-16-21(9-2,10-3)11-4/h8,12-15H,9-11,22H2,1-7H3. The van der Waals surface area contributed by atoms with Crippen molar-refractivity contribution in [1.82, 2.24) is 0 Å². The van der Waals surface area contributed by atoms with Crippen LogP contribution in [-0.2, 0) is 0 Å². The van der Waals surface area contributed by atoms with E-state index >= 15 is 0 Å². The Bertz CT molecular complexity index is 576. The molecule has 0 aliphatic rings. The van der Waals surface area contributed by atoms with Crippen molar-refractivity contribution in [2.24, 2.45) is 0 Å². The van der Waals surface area contributed by atoms with Gasteiger partial charge in [0.15, 0.2) is 0 Å². The molecule has 3 heteroatoms. The zero-order valence-electron chi connectivity index (χ0n) is 16.2. The van der Waals surface area contributed by atoms with Gasteiger partial charge in [-0.05, 0) is 0 Å². The molecule has 0 amide bonds. The average molecular weight is 403 g/mol. The molecule has 0 nitrogen and oxygen atoms in total. The van der Waals surface area contributed by atoms with Crippen molar-refractivity contribution < 1.29 is 0 Å². The van der Waals surface area contributed by atoms with Crippen LogP contribution in [0.4, 0.5) is 0 Å². The average Bonchev–Trinajstić information content (AvgIpc) is 2.57. The normalized spacial score (nSPS) is 13.3. The minimum absolute atomic E-state index is 0.242. The quantitative estimate of drug-likeness (QED) is 0.499. The van der Waals surface area contributed by atoms with Crippen molar-refractivity contribution in [3.05, 3.63) is 35.5 Å². The molecule has 0 fully saturated rings. The molecule has 0 N–H and O–H groups in total. The van der Waals surface area contributed by atoms with Crippen LogP contribution in [-0.4, -0.2) is 30.9 Å². The van der Waals surface area contributed by atoms with Crippen molar-refractivity contribution in [3.63, 3.8) is 0 Å². The van der Waals surface area contributed by atoms with E-state index < -0.39 is 21.3 Å². The molecule has 126 valence electrons. The third-order valence-corrected chi connectivity index (χ3v) is 20.1. The SMILES string of the molecule is CC=C(C)[SiH2]c1ccc([Si](C)(C)C#[C][Ge]([CH2]C)([CH2]C)[CH2]C)cc1. The van der Waals surface area contributed by atoms with Crippen LogP contribution in [0, 0.1) is 10.3 Å². The molecule has 0 spiro atoms. The van der Waals surface area contributed by atoms with Gasteiger partial charge in [0.25, 0.3) is 0 Å². The van der Waals surface area contributed by atoms with Gasteiger partial charge in [0.1, 0.15) is 0 Å². The van der Waals surface area contributed by atoms with E-state index in [4.69, 9.17) is 0 Å². The van der Waals surface area contributed by atoms with Crippen LogP contribution in [0.1, 0.15) is 34.6 Å². The molecule has 0 aliphatic carbocycles. The Kier molecular flexibility index (Phi) is 8.13. The van der Waals surface area contributed by atoms with Gasteiger partial charge < -0.3 is 0 Å². The minimum atomic E-state index is -1.87. The van der Waals surface area contributed by atoms with Crippen molar-refractivity contribution in [2.45, 2.75) is 63.5 Å². The molecule has 0 saturated heterocycles. The molecule has 1 aromatic rings. The van der Waals surface area contributed by atoms with Crippen LogP contribution in [0.2, 0.25) is 28.9 Å². The van der Waals surface area contributed by atoms with Gasteiger partial charge in [-0.3, -0.25) is 0 Å². The Labute approximate surface area is 150 Å². The van der Waals surface area contributed by atoms with Crippen molar-refractivity contribution in [2.75, 3.05) is 0 Å². The van der Waals surface area contributed by atoms with E-state index in [1.54, 1.807) is 10.4 Å². The van der Waals surface area contributed by atoms with Crippen LogP contribution in [0.5, 0.6) is 0 Å². The van der Waals surface area contributed by atoms with Gasteiger partial charge in [-0.15, -0.1) is 0 Å². The van der Waals surface area contributed by atoms with E-state index in [1.807, 2.05) is 0 Å². The monoisotopic (exact) mass is 404 g/mol. The molecule has 0 bridgehead atoms. The molecular formula is C20H34GeSi2. The van der Waals surface area contributed by atoms with Gasteiger partial charge in [0.2, 0.25) is 0 Å². The molecule has 0 aromatic heterocycles. The van der Waals surface area contributed by atoms with Crippen LogP contribution < -0.4 is 10.4 Å². The summed E-state index contributed by atoms with van der Waals surface area (Å²) in [6.45, 7) is 16.3. The Balaban J connectivity index is 3.01. The Morgan fingerprint density at radius 3 is 2.04 bits per heavy atom. The zero-order chi connectivity index (χ0) is 17.5. The molecule has 23 heavy (non-hydrogen) atoms. The van der Waals surface area contributed by atoms with E-state index in [0.717, 1.165) is 0 Å². The number of hydrogen-bond donors (Lipinski definition) is 0. The third kappa shape index (κ3) is 5.81. The predicted octanol–water partition coefficient (Wildman–Crippen LogP) is 3.91. The predicted molar refractivity (Wildman–Crippen MR) is 116 cm³/mol. The van der Waals surface area contributed by atoms with Crippen LogP contribution in [0.25, 0.3) is 0 Å². The summed E-state index contributed by atoms with van der Waals surface area (Å²) in [5.41, 5.74) is 3.81. The summed E-state index contributed by atoms with van der Waals surface area (Å²) < 4.78 is 3.88. The summed E-state index contributed by atoms with van der Waals surface area (Å²) in [4.78, 5) is 0. The molecule has 0 radical (unpaired) electrons. The second-order valence-corrected chi connectivity index (χ2v) is 23.9. The Hall–Kier alpha value is -0.503. The molecule has 0 unspecified atom stereocenters. The van der Waals surface area contributed by atoms with Crippen LogP contribution >= 0.6 is 0 Å². The maximum atomic E-state index is 3.88. The van der Waals surface area contributed by atoms with Crippen molar-refractivity contribution in [3.8, 4) is 10.3 Å². The van der Waals surface area contributed by atoms with Crippen molar-refractivity contribution >= 4 is 41.2 Å². The topological polar surface area (TPSA) is 0 Å². The summed E-state index contributed by atoms with van der Waals surface area (Å²) in [6.07, 6.45) is 2.26. The Morgan fingerprint density at radius 2 is 1.61 bits per heavy atom. The molecule has 1 rings (SSSR count). The first-order chi connectivity index (χ1) is 10.8. The first-order valence-electron chi connectivity index (χ1n) is 9.08. The van der Waals surface area contributed by atoms with Gasteiger partial charge in [-0.2, -0.15) is 0 Å². The van der Waals surface area contributed by atoms with Gasteiger partial charge in [-0.1, -0.05) is 0 Å². The number of allylic oxidation sites excluding steroid dienone is 2. The second kappa shape index (κ2) is 9.10. The molecule has 0 heterocycles. The fourth-order valence-electron chi connectivity index (χ4n) is 2.84. The summed E-state index contributed by atoms with van der Waals surface area (Å²) in [5, 5.41) is 8.65. The van der Waals surface area contributed by atoms with Gasteiger partial charge in [0, 0.05) is 0 Å². The van der Waals surface area contributed by atoms with Crippen LogP contribution in [0.15, 0.2) is 35.5 Å². The maximum absolute atomic E-state index is 3.88. The van der Waals surface area contributed by atoms with E-state index in [1.165, 1.54) is 20.9 Å². The van der Waals surface area contributed by atoms with E-state index in [2.05, 4.69) is 88.4 Å². The summed E-state index contributed by atoms with van der Waals surface area (Å²) in [7, 11) is -1.86. The van der Waals surface area contributed by atoms with E-state index in [9.17, 15) is 0 Å². The summed E-state index contributed by atoms with van der Waals surface area (Å²) >= 11 is -1.87. The molecule has 0 saturated carbocycles. The molecule has 1 aromatic carbocycles. The fourth-order valence-corrected chi connectivity index (χ4v) is 13.8. The van der Waals surface area contributed by atoms with Crippen LogP contribution in [0.3, 0.4) is 0 Å². The third-order valence-electron chi connectivity index (χ3n) is 5.32.